The summed E-state index contributed by atoms with van der Waals surface area (Å²) in [5.74, 6) is 1.22. The number of methoxy groups -OCH3 is 2. The van der Waals surface area contributed by atoms with Gasteiger partial charge in [-0.05, 0) is 43.5 Å². The van der Waals surface area contributed by atoms with Gasteiger partial charge in [0, 0.05) is 13.1 Å². The highest BCUT2D eigenvalue weighted by Gasteiger charge is 2.29. The minimum atomic E-state index is -1.01. The standard InChI is InChI=1S/C18H28N2O5/c1-24-15-5-4-14(10-16(15)25-2)11-19-17(22)12-20-8-3-6-18(23,13-21)7-9-20/h4-5,10,21,23H,3,6-9,11-13H2,1-2H3,(H,19,22)/t18-/m0/s1. The second-order valence-electron chi connectivity index (χ2n) is 6.48. The van der Waals surface area contributed by atoms with Crippen molar-refractivity contribution in [3.05, 3.63) is 23.8 Å². The van der Waals surface area contributed by atoms with E-state index >= 15 is 0 Å². The average molecular weight is 352 g/mol. The van der Waals surface area contributed by atoms with Crippen LogP contribution in [0.2, 0.25) is 0 Å². The Balaban J connectivity index is 1.83. The maximum Gasteiger partial charge on any atom is 0.234 e. The third-order valence-corrected chi connectivity index (χ3v) is 4.61. The Morgan fingerprint density at radius 3 is 2.68 bits per heavy atom. The van der Waals surface area contributed by atoms with Crippen LogP contribution >= 0.6 is 0 Å². The Hall–Kier alpha value is -1.83. The molecule has 0 spiro atoms. The average Bonchev–Trinajstić information content (AvgIpc) is 2.82. The number of aliphatic hydroxyl groups is 2. The molecule has 0 radical (unpaired) electrons. The molecule has 7 nitrogen and oxygen atoms in total. The Labute approximate surface area is 148 Å². The summed E-state index contributed by atoms with van der Waals surface area (Å²) in [4.78, 5) is 14.2. The SMILES string of the molecule is COc1ccc(CNC(=O)CN2CCC[C@@](O)(CO)CC2)cc1OC. The van der Waals surface area contributed by atoms with Crippen LogP contribution in [0.25, 0.3) is 0 Å². The molecule has 0 unspecified atom stereocenters. The highest BCUT2D eigenvalue weighted by molar-refractivity contribution is 5.78. The number of benzene rings is 1. The fourth-order valence-corrected chi connectivity index (χ4v) is 3.00. The molecule has 1 aromatic rings. The minimum Gasteiger partial charge on any atom is -0.493 e. The molecule has 1 fully saturated rings. The first-order valence-electron chi connectivity index (χ1n) is 8.53. The van der Waals surface area contributed by atoms with Crippen molar-refractivity contribution < 1.29 is 24.5 Å². The first-order chi connectivity index (χ1) is 12.0. The van der Waals surface area contributed by atoms with Crippen molar-refractivity contribution in [1.29, 1.82) is 0 Å². The summed E-state index contributed by atoms with van der Waals surface area (Å²) in [5.41, 5.74) is -0.0817. The molecule has 2 rings (SSSR count). The number of aliphatic hydroxyl groups excluding tert-OH is 1. The lowest BCUT2D eigenvalue weighted by molar-refractivity contribution is -0.122. The highest BCUT2D eigenvalue weighted by Crippen LogP contribution is 2.27. The zero-order valence-corrected chi connectivity index (χ0v) is 15.0. The smallest absolute Gasteiger partial charge is 0.234 e. The lowest BCUT2D eigenvalue weighted by Gasteiger charge is -2.24. The van der Waals surface area contributed by atoms with E-state index in [0.717, 1.165) is 18.5 Å². The van der Waals surface area contributed by atoms with Crippen molar-refractivity contribution in [2.45, 2.75) is 31.4 Å². The van der Waals surface area contributed by atoms with Crippen LogP contribution in [0, 0.1) is 0 Å². The van der Waals surface area contributed by atoms with E-state index in [4.69, 9.17) is 9.47 Å². The van der Waals surface area contributed by atoms with E-state index in [9.17, 15) is 15.0 Å². The number of carbonyl (C=O) groups excluding carboxylic acids is 1. The Morgan fingerprint density at radius 1 is 1.24 bits per heavy atom. The van der Waals surface area contributed by atoms with Crippen molar-refractivity contribution in [3.8, 4) is 11.5 Å². The van der Waals surface area contributed by atoms with E-state index < -0.39 is 5.60 Å². The van der Waals surface area contributed by atoms with Crippen molar-refractivity contribution in [2.75, 3.05) is 40.5 Å². The van der Waals surface area contributed by atoms with Crippen LogP contribution in [0.5, 0.6) is 11.5 Å². The van der Waals surface area contributed by atoms with Crippen molar-refractivity contribution in [3.63, 3.8) is 0 Å². The molecule has 0 saturated carbocycles. The van der Waals surface area contributed by atoms with E-state index in [0.29, 0.717) is 37.4 Å². The molecule has 7 heteroatoms. The van der Waals surface area contributed by atoms with Crippen LogP contribution in [0.15, 0.2) is 18.2 Å². The third-order valence-electron chi connectivity index (χ3n) is 4.61. The molecule has 1 aliphatic rings. The van der Waals surface area contributed by atoms with Gasteiger partial charge in [0.15, 0.2) is 11.5 Å². The van der Waals surface area contributed by atoms with Gasteiger partial charge in [0.2, 0.25) is 5.91 Å². The predicted molar refractivity (Wildman–Crippen MR) is 93.7 cm³/mol. The number of hydrogen-bond acceptors (Lipinski definition) is 6. The van der Waals surface area contributed by atoms with Crippen LogP contribution in [-0.2, 0) is 11.3 Å². The van der Waals surface area contributed by atoms with Crippen LogP contribution in [0.4, 0.5) is 0 Å². The molecule has 1 aromatic carbocycles. The predicted octanol–water partition coefficient (Wildman–Crippen LogP) is 0.529. The van der Waals surface area contributed by atoms with Gasteiger partial charge in [0.05, 0.1) is 33.0 Å². The number of ether oxygens (including phenoxy) is 2. The number of likely N-dealkylation sites (tertiary alicyclic amines) is 1. The van der Waals surface area contributed by atoms with Crippen LogP contribution in [-0.4, -0.2) is 67.1 Å². The highest BCUT2D eigenvalue weighted by atomic mass is 16.5. The van der Waals surface area contributed by atoms with Gasteiger partial charge in [0.1, 0.15) is 0 Å². The lowest BCUT2D eigenvalue weighted by atomic mass is 9.96. The maximum atomic E-state index is 12.2. The largest absolute Gasteiger partial charge is 0.493 e. The minimum absolute atomic E-state index is 0.0655. The summed E-state index contributed by atoms with van der Waals surface area (Å²) >= 11 is 0. The van der Waals surface area contributed by atoms with Crippen LogP contribution < -0.4 is 14.8 Å². The molecule has 3 N–H and O–H groups in total. The number of amides is 1. The lowest BCUT2D eigenvalue weighted by Crippen LogP contribution is -2.39. The van der Waals surface area contributed by atoms with Gasteiger partial charge in [-0.2, -0.15) is 0 Å². The molecule has 1 atom stereocenters. The summed E-state index contributed by atoms with van der Waals surface area (Å²) < 4.78 is 10.5. The van der Waals surface area contributed by atoms with Gasteiger partial charge >= 0.3 is 0 Å². The second-order valence-corrected chi connectivity index (χ2v) is 6.48. The van der Waals surface area contributed by atoms with E-state index in [1.165, 1.54) is 0 Å². The van der Waals surface area contributed by atoms with Gasteiger partial charge in [-0.3, -0.25) is 9.69 Å². The zero-order chi connectivity index (χ0) is 18.3. The van der Waals surface area contributed by atoms with Crippen LogP contribution in [0.1, 0.15) is 24.8 Å². The number of hydrogen-bond donors (Lipinski definition) is 3. The summed E-state index contributed by atoms with van der Waals surface area (Å²) in [6, 6.07) is 5.53. The van der Waals surface area contributed by atoms with E-state index in [1.807, 2.05) is 23.1 Å². The second kappa shape index (κ2) is 9.03. The van der Waals surface area contributed by atoms with E-state index in [2.05, 4.69) is 5.32 Å². The van der Waals surface area contributed by atoms with Crippen molar-refractivity contribution in [2.24, 2.45) is 0 Å². The Kier molecular flexibility index (Phi) is 7.04. The molecule has 25 heavy (non-hydrogen) atoms. The van der Waals surface area contributed by atoms with Crippen molar-refractivity contribution in [1.82, 2.24) is 10.2 Å². The molecule has 140 valence electrons. The monoisotopic (exact) mass is 352 g/mol. The Morgan fingerprint density at radius 2 is 2.00 bits per heavy atom. The van der Waals surface area contributed by atoms with E-state index in [1.54, 1.807) is 14.2 Å². The van der Waals surface area contributed by atoms with Gasteiger partial charge in [-0.25, -0.2) is 0 Å². The molecule has 1 heterocycles. The summed E-state index contributed by atoms with van der Waals surface area (Å²) in [5, 5.41) is 22.3. The maximum absolute atomic E-state index is 12.2. The molecular formula is C18H28N2O5. The molecule has 1 aliphatic heterocycles. The fourth-order valence-electron chi connectivity index (χ4n) is 3.00. The number of nitrogens with one attached hydrogen (secondary N) is 1. The van der Waals surface area contributed by atoms with Gasteiger partial charge in [-0.1, -0.05) is 6.07 Å². The molecule has 0 aliphatic carbocycles. The number of carbonyl (C=O) groups is 1. The van der Waals surface area contributed by atoms with Crippen LogP contribution in [0.3, 0.4) is 0 Å². The molecule has 1 saturated heterocycles. The number of nitrogens with zero attached hydrogens (tertiary/aromatic N) is 1. The van der Waals surface area contributed by atoms with Gasteiger partial charge < -0.3 is 25.0 Å². The fraction of sp³-hybridized carbons (Fsp3) is 0.611. The summed E-state index contributed by atoms with van der Waals surface area (Å²) in [7, 11) is 3.16. The first-order valence-corrected chi connectivity index (χ1v) is 8.53. The summed E-state index contributed by atoms with van der Waals surface area (Å²) in [6.45, 7) is 1.81. The quantitative estimate of drug-likeness (QED) is 0.663. The number of rotatable bonds is 7. The molecule has 0 aromatic heterocycles. The van der Waals surface area contributed by atoms with Gasteiger partial charge in [-0.15, -0.1) is 0 Å². The molecule has 0 bridgehead atoms. The zero-order valence-electron chi connectivity index (χ0n) is 15.0. The van der Waals surface area contributed by atoms with Crippen molar-refractivity contribution >= 4 is 5.91 Å². The summed E-state index contributed by atoms with van der Waals surface area (Å²) in [6.07, 6.45) is 1.81. The topological polar surface area (TPSA) is 91.3 Å². The normalized spacial score (nSPS) is 21.4. The third kappa shape index (κ3) is 5.59. The Bertz CT molecular complexity index is 581. The van der Waals surface area contributed by atoms with E-state index in [-0.39, 0.29) is 19.1 Å². The first kappa shape index (κ1) is 19.5. The molecule has 1 amide bonds. The molecular weight excluding hydrogens is 324 g/mol. The van der Waals surface area contributed by atoms with Gasteiger partial charge in [0.25, 0.3) is 0 Å².